The van der Waals surface area contributed by atoms with Crippen molar-refractivity contribution in [2.24, 2.45) is 0 Å². The molecule has 0 aromatic heterocycles. The summed E-state index contributed by atoms with van der Waals surface area (Å²) < 4.78 is 42.6. The quantitative estimate of drug-likeness (QED) is 0.628. The van der Waals surface area contributed by atoms with Crippen LogP contribution in [0.15, 0.2) is 53.4 Å². The van der Waals surface area contributed by atoms with Crippen LogP contribution in [0.1, 0.15) is 18.9 Å². The first-order chi connectivity index (χ1) is 12.4. The third-order valence-electron chi connectivity index (χ3n) is 3.43. The number of para-hydroxylation sites is 1. The maximum Gasteiger partial charge on any atom is 0.398 e. The average Bonchev–Trinajstić information content (AvgIpc) is 2.60. The van der Waals surface area contributed by atoms with Crippen LogP contribution >= 0.6 is 11.8 Å². The molecular weight excluding hydrogens is 363 g/mol. The van der Waals surface area contributed by atoms with Crippen LogP contribution in [-0.4, -0.2) is 24.4 Å². The Morgan fingerprint density at radius 2 is 1.81 bits per heavy atom. The lowest BCUT2D eigenvalue weighted by Crippen LogP contribution is -2.14. The molecule has 3 nitrogen and oxygen atoms in total. The molecule has 0 fully saturated rings. The first-order valence-electron chi connectivity index (χ1n) is 8.17. The third-order valence-corrected chi connectivity index (χ3v) is 4.57. The van der Waals surface area contributed by atoms with Gasteiger partial charge in [-0.2, -0.15) is 13.2 Å². The fraction of sp³-hybridized carbons (Fsp3) is 0.316. The highest BCUT2D eigenvalue weighted by molar-refractivity contribution is 7.99. The van der Waals surface area contributed by atoms with Crippen LogP contribution in [0.4, 0.5) is 18.9 Å². The van der Waals surface area contributed by atoms with Crippen molar-refractivity contribution in [3.63, 3.8) is 0 Å². The molecule has 0 saturated heterocycles. The molecule has 1 amide bonds. The summed E-state index contributed by atoms with van der Waals surface area (Å²) in [6.07, 6.45) is -3.47. The number of hydrogen-bond donors (Lipinski definition) is 1. The summed E-state index contributed by atoms with van der Waals surface area (Å²) >= 11 is 0.663. The molecule has 0 radical (unpaired) electrons. The number of carbonyl (C=O) groups is 1. The molecular formula is C19H20F3NO2S. The summed E-state index contributed by atoms with van der Waals surface area (Å²) in [4.78, 5) is 12.5. The van der Waals surface area contributed by atoms with Crippen molar-refractivity contribution in [1.29, 1.82) is 0 Å². The van der Waals surface area contributed by atoms with E-state index >= 15 is 0 Å². The standard InChI is InChI=1S/C19H20F3NO2S/c1-2-25-15-10-7-14(8-11-15)9-12-18(24)23-16-5-3-4-6-17(16)26-13-19(20,21)22/h3-8,10-11H,2,9,12-13H2,1H3,(H,23,24). The van der Waals surface area contributed by atoms with Crippen LogP contribution in [0.2, 0.25) is 0 Å². The Morgan fingerprint density at radius 1 is 1.12 bits per heavy atom. The third kappa shape index (κ3) is 7.00. The minimum atomic E-state index is -4.25. The van der Waals surface area contributed by atoms with E-state index in [2.05, 4.69) is 5.32 Å². The molecule has 2 rings (SSSR count). The van der Waals surface area contributed by atoms with Crippen LogP contribution < -0.4 is 10.1 Å². The van der Waals surface area contributed by atoms with Crippen LogP contribution in [0.3, 0.4) is 0 Å². The number of rotatable bonds is 8. The van der Waals surface area contributed by atoms with E-state index in [1.807, 2.05) is 31.2 Å². The summed E-state index contributed by atoms with van der Waals surface area (Å²) in [7, 11) is 0. The lowest BCUT2D eigenvalue weighted by molar-refractivity contribution is -0.116. The van der Waals surface area contributed by atoms with Gasteiger partial charge in [0, 0.05) is 11.3 Å². The molecule has 2 aromatic carbocycles. The molecule has 1 N–H and O–H groups in total. The van der Waals surface area contributed by atoms with Gasteiger partial charge in [0.25, 0.3) is 0 Å². The Balaban J connectivity index is 1.89. The van der Waals surface area contributed by atoms with Gasteiger partial charge in [0.05, 0.1) is 18.0 Å². The van der Waals surface area contributed by atoms with Crippen LogP contribution in [0.25, 0.3) is 0 Å². The smallest absolute Gasteiger partial charge is 0.398 e. The topological polar surface area (TPSA) is 38.3 Å². The van der Waals surface area contributed by atoms with Crippen LogP contribution in [-0.2, 0) is 11.2 Å². The monoisotopic (exact) mass is 383 g/mol. The largest absolute Gasteiger partial charge is 0.494 e. The SMILES string of the molecule is CCOc1ccc(CCC(=O)Nc2ccccc2SCC(F)(F)F)cc1. The number of halogens is 3. The highest BCUT2D eigenvalue weighted by Crippen LogP contribution is 2.32. The molecule has 0 aliphatic rings. The van der Waals surface area contributed by atoms with Gasteiger partial charge in [0.2, 0.25) is 5.91 Å². The number of anilines is 1. The van der Waals surface area contributed by atoms with Gasteiger partial charge >= 0.3 is 6.18 Å². The van der Waals surface area contributed by atoms with Gasteiger partial charge in [-0.1, -0.05) is 24.3 Å². The number of ether oxygens (including phenoxy) is 1. The second-order valence-electron chi connectivity index (χ2n) is 5.53. The second kappa shape index (κ2) is 9.52. The number of benzene rings is 2. The van der Waals surface area contributed by atoms with Crippen LogP contribution in [0, 0.1) is 0 Å². The average molecular weight is 383 g/mol. The predicted octanol–water partition coefficient (Wildman–Crippen LogP) is 5.31. The Labute approximate surface area is 154 Å². The molecule has 140 valence electrons. The van der Waals surface area contributed by atoms with E-state index < -0.39 is 11.9 Å². The van der Waals surface area contributed by atoms with Gasteiger partial charge in [-0.05, 0) is 43.2 Å². The number of hydrogen-bond acceptors (Lipinski definition) is 3. The van der Waals surface area contributed by atoms with E-state index in [9.17, 15) is 18.0 Å². The maximum absolute atomic E-state index is 12.4. The van der Waals surface area contributed by atoms with Gasteiger partial charge in [0.1, 0.15) is 5.75 Å². The highest BCUT2D eigenvalue weighted by atomic mass is 32.2. The van der Waals surface area contributed by atoms with Crippen molar-refractivity contribution in [3.05, 3.63) is 54.1 Å². The molecule has 7 heteroatoms. The Bertz CT molecular complexity index is 717. The van der Waals surface area contributed by atoms with Crippen molar-refractivity contribution < 1.29 is 22.7 Å². The van der Waals surface area contributed by atoms with Gasteiger partial charge < -0.3 is 10.1 Å². The minimum absolute atomic E-state index is 0.237. The van der Waals surface area contributed by atoms with Crippen molar-refractivity contribution >= 4 is 23.4 Å². The molecule has 0 unspecified atom stereocenters. The summed E-state index contributed by atoms with van der Waals surface area (Å²) in [5.74, 6) is -0.457. The number of carbonyl (C=O) groups excluding carboxylic acids is 1. The van der Waals surface area contributed by atoms with Gasteiger partial charge in [-0.15, -0.1) is 11.8 Å². The minimum Gasteiger partial charge on any atom is -0.494 e. The Kier molecular flexibility index (Phi) is 7.38. The zero-order valence-electron chi connectivity index (χ0n) is 14.3. The highest BCUT2D eigenvalue weighted by Gasteiger charge is 2.27. The number of nitrogens with one attached hydrogen (secondary N) is 1. The first-order valence-corrected chi connectivity index (χ1v) is 9.16. The summed E-state index contributed by atoms with van der Waals surface area (Å²) in [5, 5.41) is 2.70. The predicted molar refractivity (Wildman–Crippen MR) is 97.8 cm³/mol. The van der Waals surface area contributed by atoms with E-state index in [4.69, 9.17) is 4.74 Å². The number of amides is 1. The molecule has 0 saturated carbocycles. The second-order valence-corrected chi connectivity index (χ2v) is 6.54. The molecule has 26 heavy (non-hydrogen) atoms. The first kappa shape index (κ1) is 20.2. The van der Waals surface area contributed by atoms with Crippen LogP contribution in [0.5, 0.6) is 5.75 Å². The lowest BCUT2D eigenvalue weighted by atomic mass is 10.1. The number of thioether (sulfide) groups is 1. The zero-order chi connectivity index (χ0) is 19.0. The fourth-order valence-corrected chi connectivity index (χ4v) is 3.01. The normalized spacial score (nSPS) is 11.2. The van der Waals surface area contributed by atoms with Crippen molar-refractivity contribution in [2.45, 2.75) is 30.8 Å². The molecule has 0 aliphatic heterocycles. The molecule has 0 spiro atoms. The molecule has 0 aliphatic carbocycles. The van der Waals surface area contributed by atoms with Crippen molar-refractivity contribution in [2.75, 3.05) is 17.7 Å². The van der Waals surface area contributed by atoms with Gasteiger partial charge in [-0.3, -0.25) is 4.79 Å². The Hall–Kier alpha value is -2.15. The van der Waals surface area contributed by atoms with Crippen molar-refractivity contribution in [1.82, 2.24) is 0 Å². The van der Waals surface area contributed by atoms with E-state index in [0.29, 0.717) is 35.4 Å². The molecule has 0 atom stereocenters. The van der Waals surface area contributed by atoms with Gasteiger partial charge in [-0.25, -0.2) is 0 Å². The van der Waals surface area contributed by atoms with E-state index in [0.717, 1.165) is 11.3 Å². The van der Waals surface area contributed by atoms with E-state index in [1.165, 1.54) is 0 Å². The Morgan fingerprint density at radius 3 is 2.46 bits per heavy atom. The van der Waals surface area contributed by atoms with E-state index in [-0.39, 0.29) is 12.3 Å². The number of alkyl halides is 3. The molecule has 0 bridgehead atoms. The van der Waals surface area contributed by atoms with Crippen molar-refractivity contribution in [3.8, 4) is 5.75 Å². The molecule has 2 aromatic rings. The van der Waals surface area contributed by atoms with Gasteiger partial charge in [0.15, 0.2) is 0 Å². The zero-order valence-corrected chi connectivity index (χ0v) is 15.1. The summed E-state index contributed by atoms with van der Waals surface area (Å²) in [6.45, 7) is 2.50. The van der Waals surface area contributed by atoms with E-state index in [1.54, 1.807) is 24.3 Å². The summed E-state index contributed by atoms with van der Waals surface area (Å²) in [5.41, 5.74) is 1.39. The molecule has 0 heterocycles. The lowest BCUT2D eigenvalue weighted by Gasteiger charge is -2.12. The number of aryl methyl sites for hydroxylation is 1. The fourth-order valence-electron chi connectivity index (χ4n) is 2.24. The maximum atomic E-state index is 12.4. The summed E-state index contributed by atoms with van der Waals surface area (Å²) in [6, 6.07) is 14.0.